The van der Waals surface area contributed by atoms with Crippen molar-refractivity contribution in [3.8, 4) is 11.5 Å². The van der Waals surface area contributed by atoms with Gasteiger partial charge in [0.2, 0.25) is 0 Å². The van der Waals surface area contributed by atoms with Gasteiger partial charge in [0.25, 0.3) is 0 Å². The van der Waals surface area contributed by atoms with E-state index in [0.29, 0.717) is 24.0 Å². The van der Waals surface area contributed by atoms with Crippen LogP contribution in [0.2, 0.25) is 0 Å². The van der Waals surface area contributed by atoms with Gasteiger partial charge in [-0.2, -0.15) is 0 Å². The second kappa shape index (κ2) is 8.25. The number of alkyl halides is 2. The van der Waals surface area contributed by atoms with Crippen LogP contribution in [0.25, 0.3) is 10.9 Å². The lowest BCUT2D eigenvalue weighted by Gasteiger charge is -2.27. The molecule has 0 unspecified atom stereocenters. The average Bonchev–Trinajstić information content (AvgIpc) is 3.40. The predicted molar refractivity (Wildman–Crippen MR) is 136 cm³/mol. The van der Waals surface area contributed by atoms with E-state index in [9.17, 15) is 13.6 Å². The molecule has 1 saturated carbocycles. The van der Waals surface area contributed by atoms with E-state index in [1.807, 2.05) is 0 Å². The second-order valence-electron chi connectivity index (χ2n) is 12.5. The summed E-state index contributed by atoms with van der Waals surface area (Å²) < 4.78 is 54.4. The smallest absolute Gasteiger partial charge is 0.395 e. The molecule has 1 aromatic heterocycles. The monoisotopic (exact) mass is 515 g/mol. The molecule has 0 radical (unpaired) electrons. The van der Waals surface area contributed by atoms with Gasteiger partial charge >= 0.3 is 6.29 Å². The molecule has 0 atom stereocenters. The van der Waals surface area contributed by atoms with Crippen LogP contribution >= 0.6 is 0 Å². The van der Waals surface area contributed by atoms with Crippen LogP contribution in [0.1, 0.15) is 50.4 Å². The highest BCUT2D eigenvalue weighted by Gasteiger charge is 2.52. The summed E-state index contributed by atoms with van der Waals surface area (Å²) in [5, 5.41) is 0.908. The van der Waals surface area contributed by atoms with Gasteiger partial charge < -0.3 is 18.5 Å². The molecule has 2 heterocycles. The Morgan fingerprint density at radius 1 is 1.03 bits per heavy atom. The van der Waals surface area contributed by atoms with Gasteiger partial charge in [-0.05, 0) is 54.3 Å². The number of rotatable bonds is 7. The fraction of sp³-hybridized carbons (Fsp3) is 0.483. The molecule has 3 aromatic rings. The van der Waals surface area contributed by atoms with Crippen LogP contribution in [0.3, 0.4) is 0 Å². The lowest BCUT2D eigenvalue weighted by atomic mass is 9.87. The molecule has 0 saturated heterocycles. The number of ether oxygens (including phenoxy) is 2. The van der Waals surface area contributed by atoms with E-state index in [4.69, 9.17) is 0 Å². The number of likely N-dealkylation sites (N-methyl/N-ethyl adjacent to an activating group) is 1. The first kappa shape index (κ1) is 25.6. The predicted octanol–water partition coefficient (Wildman–Crippen LogP) is 5.95. The Morgan fingerprint density at radius 3 is 2.32 bits per heavy atom. The van der Waals surface area contributed by atoms with Crippen LogP contribution in [0.5, 0.6) is 11.5 Å². The van der Waals surface area contributed by atoms with Crippen LogP contribution in [0.4, 0.5) is 13.2 Å². The molecular weight excluding hydrogens is 481 g/mol. The third kappa shape index (κ3) is 4.83. The van der Waals surface area contributed by atoms with Crippen LogP contribution in [-0.2, 0) is 28.6 Å². The Labute approximate surface area is 215 Å². The van der Waals surface area contributed by atoms with Crippen LogP contribution in [0, 0.1) is 5.82 Å². The van der Waals surface area contributed by atoms with Gasteiger partial charge in [0.1, 0.15) is 11.6 Å². The van der Waals surface area contributed by atoms with Crippen LogP contribution in [-0.4, -0.2) is 48.8 Å². The molecule has 198 valence electrons. The number of benzene rings is 2. The summed E-state index contributed by atoms with van der Waals surface area (Å²) in [7, 11) is 6.39. The van der Waals surface area contributed by atoms with E-state index < -0.39 is 17.5 Å². The molecule has 2 aliphatic rings. The van der Waals surface area contributed by atoms with Gasteiger partial charge in [0.15, 0.2) is 11.5 Å². The number of halogens is 3. The summed E-state index contributed by atoms with van der Waals surface area (Å²) in [6.45, 7) is 8.07. The summed E-state index contributed by atoms with van der Waals surface area (Å²) in [5.74, 6) is -0.680. The van der Waals surface area contributed by atoms with E-state index in [-0.39, 0.29) is 29.1 Å². The molecule has 1 aliphatic heterocycles. The number of carbonyl (C=O) groups excluding carboxylic acids is 1. The van der Waals surface area contributed by atoms with E-state index in [2.05, 4.69) is 62.0 Å². The lowest BCUT2D eigenvalue weighted by molar-refractivity contribution is -0.870. The highest BCUT2D eigenvalue weighted by atomic mass is 19.3. The van der Waals surface area contributed by atoms with Crippen molar-refractivity contribution in [3.05, 3.63) is 59.0 Å². The van der Waals surface area contributed by atoms with Crippen molar-refractivity contribution in [2.45, 2.75) is 63.7 Å². The number of aromatic nitrogens is 1. The number of fused-ring (bicyclic) bond motifs is 2. The number of hydrogen-bond donors (Lipinski definition) is 0. The fourth-order valence-electron chi connectivity index (χ4n) is 5.17. The molecular formula is C29H34F3N2O3+. The first-order valence-corrected chi connectivity index (χ1v) is 12.6. The number of nitrogens with zero attached hydrogens (tertiary/aromatic N) is 2. The highest BCUT2D eigenvalue weighted by molar-refractivity contribution is 5.95. The summed E-state index contributed by atoms with van der Waals surface area (Å²) in [4.78, 5) is 13.5. The van der Waals surface area contributed by atoms with E-state index in [0.717, 1.165) is 34.2 Å². The molecule has 5 rings (SSSR count). The molecule has 2 aromatic carbocycles. The quantitative estimate of drug-likeness (QED) is 0.365. The van der Waals surface area contributed by atoms with Crippen LogP contribution in [0.15, 0.2) is 36.4 Å². The zero-order valence-corrected chi connectivity index (χ0v) is 22.3. The molecule has 37 heavy (non-hydrogen) atoms. The molecule has 8 heteroatoms. The van der Waals surface area contributed by atoms with Crippen molar-refractivity contribution in [3.63, 3.8) is 0 Å². The third-order valence-corrected chi connectivity index (χ3v) is 7.42. The number of hydrogen-bond acceptors (Lipinski definition) is 3. The Hall–Kier alpha value is -3.00. The maximum absolute atomic E-state index is 15.4. The average molecular weight is 516 g/mol. The number of ketones is 1. The van der Waals surface area contributed by atoms with Crippen molar-refractivity contribution in [1.29, 1.82) is 0 Å². The Bertz CT molecular complexity index is 1390. The number of quaternary nitrogens is 1. The van der Waals surface area contributed by atoms with Gasteiger partial charge in [-0.1, -0.05) is 26.8 Å². The van der Waals surface area contributed by atoms with E-state index >= 15 is 4.39 Å². The Balaban J connectivity index is 1.45. The lowest BCUT2D eigenvalue weighted by Crippen LogP contribution is -2.38. The number of Topliss-reactive ketones (excluding diaryl/α,β-unsaturated/α-hetero) is 1. The van der Waals surface area contributed by atoms with Gasteiger partial charge in [0.05, 0.1) is 45.2 Å². The largest absolute Gasteiger partial charge is 0.586 e. The van der Waals surface area contributed by atoms with Crippen molar-refractivity contribution in [2.24, 2.45) is 0 Å². The SMILES string of the molecule is CC(C)(C)c1cc2cc(CC(=O)C3(c4ccc5c(c4)OC(F)(F)O5)CC3)c(F)cc2n1CC[N+](C)(C)C. The fourth-order valence-corrected chi connectivity index (χ4v) is 5.17. The van der Waals surface area contributed by atoms with Crippen molar-refractivity contribution < 1.29 is 31.9 Å². The van der Waals surface area contributed by atoms with Crippen molar-refractivity contribution in [2.75, 3.05) is 27.7 Å². The third-order valence-electron chi connectivity index (χ3n) is 7.42. The molecule has 0 bridgehead atoms. The maximum atomic E-state index is 15.4. The van der Waals surface area contributed by atoms with Crippen molar-refractivity contribution in [1.82, 2.24) is 4.57 Å². The molecule has 1 fully saturated rings. The summed E-state index contributed by atoms with van der Waals surface area (Å²) >= 11 is 0. The summed E-state index contributed by atoms with van der Waals surface area (Å²) in [6, 6.07) is 9.91. The van der Waals surface area contributed by atoms with Gasteiger partial charge in [0, 0.05) is 22.9 Å². The Kier molecular flexibility index (Phi) is 5.72. The zero-order valence-electron chi connectivity index (χ0n) is 22.3. The normalized spacial score (nSPS) is 17.9. The van der Waals surface area contributed by atoms with E-state index in [1.165, 1.54) is 12.1 Å². The minimum Gasteiger partial charge on any atom is -0.395 e. The molecule has 0 N–H and O–H groups in total. The van der Waals surface area contributed by atoms with Gasteiger partial charge in [-0.15, -0.1) is 8.78 Å². The van der Waals surface area contributed by atoms with Gasteiger partial charge in [-0.3, -0.25) is 4.79 Å². The highest BCUT2D eigenvalue weighted by Crippen LogP contribution is 2.52. The first-order valence-electron chi connectivity index (χ1n) is 12.6. The summed E-state index contributed by atoms with van der Waals surface area (Å²) in [5.41, 5.74) is 1.94. The minimum absolute atomic E-state index is 0.0575. The molecule has 5 nitrogen and oxygen atoms in total. The zero-order chi connectivity index (χ0) is 27.0. The number of carbonyl (C=O) groups is 1. The minimum atomic E-state index is -3.71. The maximum Gasteiger partial charge on any atom is 0.586 e. The first-order chi connectivity index (χ1) is 17.1. The van der Waals surface area contributed by atoms with Gasteiger partial charge in [-0.25, -0.2) is 4.39 Å². The molecule has 0 amide bonds. The topological polar surface area (TPSA) is 40.5 Å². The van der Waals surface area contributed by atoms with Crippen LogP contribution < -0.4 is 9.47 Å². The summed E-state index contributed by atoms with van der Waals surface area (Å²) in [6.07, 6.45) is -2.61. The molecule has 1 aliphatic carbocycles. The second-order valence-corrected chi connectivity index (χ2v) is 12.5. The van der Waals surface area contributed by atoms with Crippen molar-refractivity contribution >= 4 is 16.7 Å². The standard InChI is InChI=1S/C29H34F3N2O3/c1-27(2,3)25-14-19-13-18(21(30)17-22(19)33(25)11-12-34(4,5)6)15-26(35)28(9-10-28)20-7-8-23-24(16-20)37-29(31,32)36-23/h7-8,13-14,16-17H,9-12,15H2,1-6H3/q+1. The molecule has 0 spiro atoms. The van der Waals surface area contributed by atoms with E-state index in [1.54, 1.807) is 18.2 Å². The Morgan fingerprint density at radius 2 is 1.70 bits per heavy atom.